The second-order valence-corrected chi connectivity index (χ2v) is 7.58. The first kappa shape index (κ1) is 15.9. The van der Waals surface area contributed by atoms with Gasteiger partial charge in [0.1, 0.15) is 0 Å². The lowest BCUT2D eigenvalue weighted by atomic mass is 9.65. The molecule has 1 aliphatic carbocycles. The normalized spacial score (nSPS) is 32.5. The van der Waals surface area contributed by atoms with Crippen molar-refractivity contribution in [3.05, 3.63) is 70.8 Å². The molecule has 2 aromatic rings. The molecule has 1 saturated heterocycles. The van der Waals surface area contributed by atoms with E-state index >= 15 is 0 Å². The number of aliphatic hydroxyl groups excluding tert-OH is 1. The van der Waals surface area contributed by atoms with Crippen molar-refractivity contribution in [2.24, 2.45) is 11.8 Å². The van der Waals surface area contributed by atoms with Gasteiger partial charge in [0.15, 0.2) is 0 Å². The van der Waals surface area contributed by atoms with Crippen molar-refractivity contribution in [3.8, 4) is 0 Å². The minimum Gasteiger partial charge on any atom is -0.392 e. The summed E-state index contributed by atoms with van der Waals surface area (Å²) in [5.74, 6) is 0.648. The lowest BCUT2D eigenvalue weighted by Crippen LogP contribution is -2.53. The van der Waals surface area contributed by atoms with Crippen LogP contribution in [0.15, 0.2) is 48.5 Å². The van der Waals surface area contributed by atoms with E-state index in [-0.39, 0.29) is 18.2 Å². The Bertz CT molecular complexity index is 666. The number of benzene rings is 2. The van der Waals surface area contributed by atoms with Crippen LogP contribution in [0, 0.1) is 25.7 Å². The molecular weight excluding hydrogens is 294 g/mol. The minimum absolute atomic E-state index is 0.214. The zero-order chi connectivity index (χ0) is 16.7. The average molecular weight is 321 g/mol. The van der Waals surface area contributed by atoms with Gasteiger partial charge in [0.25, 0.3) is 0 Å². The molecule has 5 atom stereocenters. The number of hydrogen-bond donors (Lipinski definition) is 2. The van der Waals surface area contributed by atoms with Crippen molar-refractivity contribution in [3.63, 3.8) is 0 Å². The molecule has 2 heteroatoms. The standard InChI is InChI=1S/C22H27NO/c1-14-8-3-5-10-16(14)20-18-12-7-13-19(22(18)24)21(23-20)17-11-6-4-9-15(17)2/h3-6,8-11,18-24H,7,12-13H2,1-2H3/t18-,19+,20+,21-,22?. The molecule has 1 aliphatic heterocycles. The van der Waals surface area contributed by atoms with E-state index in [4.69, 9.17) is 0 Å². The van der Waals surface area contributed by atoms with Crippen molar-refractivity contribution in [1.29, 1.82) is 0 Å². The van der Waals surface area contributed by atoms with Crippen LogP contribution in [-0.4, -0.2) is 11.2 Å². The number of fused-ring (bicyclic) bond motifs is 2. The number of piperidine rings is 1. The molecule has 2 aliphatic rings. The van der Waals surface area contributed by atoms with Crippen molar-refractivity contribution >= 4 is 0 Å². The summed E-state index contributed by atoms with van der Waals surface area (Å²) in [5, 5.41) is 15.0. The molecule has 0 radical (unpaired) electrons. The van der Waals surface area contributed by atoms with E-state index in [9.17, 15) is 5.11 Å². The van der Waals surface area contributed by atoms with Crippen LogP contribution >= 0.6 is 0 Å². The zero-order valence-electron chi connectivity index (χ0n) is 14.6. The van der Waals surface area contributed by atoms with Gasteiger partial charge in [0.2, 0.25) is 0 Å². The summed E-state index contributed by atoms with van der Waals surface area (Å²) in [7, 11) is 0. The van der Waals surface area contributed by atoms with E-state index in [2.05, 4.69) is 67.7 Å². The van der Waals surface area contributed by atoms with Crippen LogP contribution in [0.2, 0.25) is 0 Å². The first-order chi connectivity index (χ1) is 11.7. The van der Waals surface area contributed by atoms with Crippen LogP contribution in [0.3, 0.4) is 0 Å². The number of rotatable bonds is 2. The minimum atomic E-state index is -0.214. The van der Waals surface area contributed by atoms with Gasteiger partial charge in [-0.25, -0.2) is 0 Å². The molecule has 2 N–H and O–H groups in total. The monoisotopic (exact) mass is 321 g/mol. The van der Waals surface area contributed by atoms with Crippen molar-refractivity contribution < 1.29 is 5.11 Å². The quantitative estimate of drug-likeness (QED) is 0.855. The first-order valence-electron chi connectivity index (χ1n) is 9.22. The van der Waals surface area contributed by atoms with Crippen molar-refractivity contribution in [1.82, 2.24) is 5.32 Å². The largest absolute Gasteiger partial charge is 0.392 e. The van der Waals surface area contributed by atoms with E-state index < -0.39 is 0 Å². The van der Waals surface area contributed by atoms with Gasteiger partial charge in [-0.3, -0.25) is 0 Å². The maximum atomic E-state index is 11.1. The summed E-state index contributed by atoms with van der Waals surface area (Å²) < 4.78 is 0. The molecule has 2 nitrogen and oxygen atoms in total. The smallest absolute Gasteiger partial charge is 0.0632 e. The van der Waals surface area contributed by atoms with Gasteiger partial charge in [-0.15, -0.1) is 0 Å². The fourth-order valence-corrected chi connectivity index (χ4v) is 4.93. The van der Waals surface area contributed by atoms with E-state index in [0.717, 1.165) is 12.8 Å². The van der Waals surface area contributed by atoms with Gasteiger partial charge in [0.05, 0.1) is 6.10 Å². The van der Waals surface area contributed by atoms with E-state index in [0.29, 0.717) is 11.8 Å². The number of aryl methyl sites for hydroxylation is 2. The number of aliphatic hydroxyl groups is 1. The Balaban J connectivity index is 1.76. The van der Waals surface area contributed by atoms with E-state index in [1.807, 2.05) is 0 Å². The van der Waals surface area contributed by atoms with Gasteiger partial charge >= 0.3 is 0 Å². The van der Waals surface area contributed by atoms with Gasteiger partial charge in [-0.05, 0) is 48.9 Å². The molecule has 1 heterocycles. The van der Waals surface area contributed by atoms with Crippen LogP contribution in [-0.2, 0) is 0 Å². The Morgan fingerprint density at radius 1 is 0.792 bits per heavy atom. The van der Waals surface area contributed by atoms with Crippen LogP contribution in [0.4, 0.5) is 0 Å². The van der Waals surface area contributed by atoms with Gasteiger partial charge in [-0.1, -0.05) is 55.0 Å². The molecule has 1 saturated carbocycles. The predicted octanol–water partition coefficient (Wildman–Crippen LogP) is 4.47. The highest BCUT2D eigenvalue weighted by molar-refractivity contribution is 5.34. The second-order valence-electron chi connectivity index (χ2n) is 7.58. The van der Waals surface area contributed by atoms with E-state index in [1.54, 1.807) is 0 Å². The molecule has 0 aromatic heterocycles. The highest BCUT2D eigenvalue weighted by atomic mass is 16.3. The Hall–Kier alpha value is -1.64. The first-order valence-corrected chi connectivity index (χ1v) is 9.22. The molecule has 2 bridgehead atoms. The molecule has 2 aromatic carbocycles. The van der Waals surface area contributed by atoms with Crippen molar-refractivity contribution in [2.75, 3.05) is 0 Å². The van der Waals surface area contributed by atoms with Gasteiger partial charge in [-0.2, -0.15) is 0 Å². The zero-order valence-corrected chi connectivity index (χ0v) is 14.6. The fourth-order valence-electron chi connectivity index (χ4n) is 4.93. The summed E-state index contributed by atoms with van der Waals surface area (Å²) in [6.45, 7) is 4.36. The molecule has 126 valence electrons. The Morgan fingerprint density at radius 3 is 1.71 bits per heavy atom. The second kappa shape index (κ2) is 6.34. The highest BCUT2D eigenvalue weighted by Crippen LogP contribution is 2.48. The maximum Gasteiger partial charge on any atom is 0.0632 e. The fraction of sp³-hybridized carbons (Fsp3) is 0.455. The third-order valence-corrected chi connectivity index (χ3v) is 6.21. The molecule has 24 heavy (non-hydrogen) atoms. The Labute approximate surface area is 144 Å². The summed E-state index contributed by atoms with van der Waals surface area (Å²) in [6.07, 6.45) is 3.24. The van der Waals surface area contributed by atoms with Crippen LogP contribution < -0.4 is 5.32 Å². The lowest BCUT2D eigenvalue weighted by Gasteiger charge is -2.50. The predicted molar refractivity (Wildman–Crippen MR) is 97.8 cm³/mol. The average Bonchev–Trinajstić information content (AvgIpc) is 2.57. The number of hydrogen-bond acceptors (Lipinski definition) is 2. The summed E-state index contributed by atoms with van der Waals surface area (Å²) >= 11 is 0. The third kappa shape index (κ3) is 2.58. The third-order valence-electron chi connectivity index (χ3n) is 6.21. The lowest BCUT2D eigenvalue weighted by molar-refractivity contribution is -0.0519. The Morgan fingerprint density at radius 2 is 1.25 bits per heavy atom. The van der Waals surface area contributed by atoms with Gasteiger partial charge in [0, 0.05) is 23.9 Å². The molecule has 4 rings (SSSR count). The molecule has 2 fully saturated rings. The van der Waals surface area contributed by atoms with Crippen LogP contribution in [0.5, 0.6) is 0 Å². The van der Waals surface area contributed by atoms with Gasteiger partial charge < -0.3 is 10.4 Å². The van der Waals surface area contributed by atoms with Crippen LogP contribution in [0.1, 0.15) is 53.6 Å². The SMILES string of the molecule is Cc1ccccc1[C@H]1N[C@@H](c2ccccc2C)[C@H]2CCC[C@@H]1C2O. The molecule has 0 spiro atoms. The summed E-state index contributed by atoms with van der Waals surface area (Å²) in [6, 6.07) is 17.7. The highest BCUT2D eigenvalue weighted by Gasteiger charge is 2.47. The van der Waals surface area contributed by atoms with E-state index in [1.165, 1.54) is 28.7 Å². The molecule has 0 amide bonds. The Kier molecular flexibility index (Phi) is 4.19. The maximum absolute atomic E-state index is 11.1. The topological polar surface area (TPSA) is 32.3 Å². The summed E-state index contributed by atoms with van der Waals surface area (Å²) in [5.41, 5.74) is 5.32. The number of nitrogens with one attached hydrogen (secondary N) is 1. The molecule has 1 unspecified atom stereocenters. The van der Waals surface area contributed by atoms with Crippen LogP contribution in [0.25, 0.3) is 0 Å². The van der Waals surface area contributed by atoms with Crippen molar-refractivity contribution in [2.45, 2.75) is 51.3 Å². The molecular formula is C22H27NO. The summed E-state index contributed by atoms with van der Waals surface area (Å²) in [4.78, 5) is 0.